The van der Waals surface area contributed by atoms with Crippen molar-refractivity contribution in [1.82, 2.24) is 4.90 Å². The second-order valence-electron chi connectivity index (χ2n) is 17.4. The molecule has 3 aliphatic heterocycles. The zero-order valence-electron chi connectivity index (χ0n) is 31.2. The van der Waals surface area contributed by atoms with E-state index in [0.29, 0.717) is 42.7 Å². The summed E-state index contributed by atoms with van der Waals surface area (Å²) in [5.74, 6) is 0.336. The summed E-state index contributed by atoms with van der Waals surface area (Å²) in [7, 11) is -0.841. The molecule has 1 N–H and O–H groups in total. The summed E-state index contributed by atoms with van der Waals surface area (Å²) in [4.78, 5) is 31.5. The maximum Gasteiger partial charge on any atom is 0.343 e. The molecule has 1 saturated carbocycles. The van der Waals surface area contributed by atoms with Gasteiger partial charge in [0.25, 0.3) is 0 Å². The molecule has 0 aromatic heterocycles. The van der Waals surface area contributed by atoms with Gasteiger partial charge in [-0.2, -0.15) is 0 Å². The van der Waals surface area contributed by atoms with Crippen LogP contribution in [0.4, 0.5) is 5.69 Å². The van der Waals surface area contributed by atoms with Gasteiger partial charge in [-0.25, -0.2) is 4.79 Å². The maximum absolute atomic E-state index is 13.8. The number of amides is 1. The highest BCUT2D eigenvalue weighted by Gasteiger charge is 2.49. The molecule has 3 heterocycles. The number of aliphatic hydroxyl groups is 1. The van der Waals surface area contributed by atoms with Gasteiger partial charge >= 0.3 is 5.97 Å². The highest BCUT2D eigenvalue weighted by atomic mass is 35.5. The van der Waals surface area contributed by atoms with Crippen LogP contribution >= 0.6 is 11.6 Å². The van der Waals surface area contributed by atoms with Crippen LogP contribution in [0.1, 0.15) is 82.4 Å². The van der Waals surface area contributed by atoms with Gasteiger partial charge in [-0.3, -0.25) is 4.79 Å². The molecule has 8 nitrogen and oxygen atoms in total. The molecule has 276 valence electrons. The van der Waals surface area contributed by atoms with Crippen LogP contribution in [0.5, 0.6) is 5.75 Å². The number of ether oxygens (including phenoxy) is 2. The number of halogens is 1. The molecule has 2 aromatic carbocycles. The van der Waals surface area contributed by atoms with Crippen molar-refractivity contribution in [1.29, 1.82) is 0 Å². The lowest BCUT2D eigenvalue weighted by Crippen LogP contribution is -2.54. The summed E-state index contributed by atoms with van der Waals surface area (Å²) in [6, 6.07) is 11.8. The summed E-state index contributed by atoms with van der Waals surface area (Å²) in [5, 5.41) is 13.0. The van der Waals surface area contributed by atoms with Crippen LogP contribution in [0, 0.1) is 11.8 Å². The van der Waals surface area contributed by atoms with E-state index in [1.165, 1.54) is 18.2 Å². The van der Waals surface area contributed by atoms with Gasteiger partial charge in [0.05, 0.1) is 31.9 Å². The molecule has 6 atom stereocenters. The molecule has 7 rings (SSSR count). The van der Waals surface area contributed by atoms with Crippen molar-refractivity contribution in [3.8, 4) is 5.75 Å². The zero-order valence-corrected chi connectivity index (χ0v) is 32.9. The van der Waals surface area contributed by atoms with Crippen molar-refractivity contribution in [2.24, 2.45) is 11.8 Å². The average Bonchev–Trinajstić information content (AvgIpc) is 3.19. The molecule has 51 heavy (non-hydrogen) atoms. The van der Waals surface area contributed by atoms with Gasteiger partial charge < -0.3 is 28.8 Å². The van der Waals surface area contributed by atoms with Crippen LogP contribution in [-0.4, -0.2) is 75.7 Å². The predicted octanol–water partition coefficient (Wildman–Crippen LogP) is 7.54. The van der Waals surface area contributed by atoms with Crippen LogP contribution in [0.15, 0.2) is 48.6 Å². The Bertz CT molecular complexity index is 1710. The van der Waals surface area contributed by atoms with Crippen molar-refractivity contribution in [2.45, 2.75) is 113 Å². The van der Waals surface area contributed by atoms with Crippen LogP contribution in [0.3, 0.4) is 0 Å². The fourth-order valence-electron chi connectivity index (χ4n) is 8.86. The highest BCUT2D eigenvalue weighted by molar-refractivity contribution is 6.74. The second kappa shape index (κ2) is 13.5. The fraction of sp³-hybridized carbons (Fsp3) is 0.610. The topological polar surface area (TPSA) is 88.5 Å². The monoisotopic (exact) mass is 734 g/mol. The normalized spacial score (nSPS) is 31.6. The van der Waals surface area contributed by atoms with E-state index < -0.39 is 19.9 Å². The summed E-state index contributed by atoms with van der Waals surface area (Å²) in [6.07, 6.45) is 10.9. The van der Waals surface area contributed by atoms with Gasteiger partial charge in [0.15, 0.2) is 13.9 Å². The zero-order chi connectivity index (χ0) is 36.3. The van der Waals surface area contributed by atoms with Crippen molar-refractivity contribution in [2.75, 3.05) is 38.3 Å². The minimum Gasteiger partial charge on any atom is -0.490 e. The Morgan fingerprint density at radius 3 is 2.61 bits per heavy atom. The van der Waals surface area contributed by atoms with Gasteiger partial charge in [0.1, 0.15) is 5.75 Å². The van der Waals surface area contributed by atoms with E-state index in [1.54, 1.807) is 11.0 Å². The minimum atomic E-state index is -2.14. The van der Waals surface area contributed by atoms with E-state index in [0.717, 1.165) is 62.3 Å². The lowest BCUT2D eigenvalue weighted by atomic mass is 9.68. The number of benzene rings is 2. The van der Waals surface area contributed by atoms with Crippen molar-refractivity contribution in [3.05, 3.63) is 70.3 Å². The van der Waals surface area contributed by atoms with Gasteiger partial charge in [-0.15, -0.1) is 0 Å². The number of aryl methyl sites for hydroxylation is 1. The predicted molar refractivity (Wildman–Crippen MR) is 203 cm³/mol. The number of fused-ring (bicyclic) bond motifs is 5. The average molecular weight is 735 g/mol. The van der Waals surface area contributed by atoms with E-state index in [2.05, 4.69) is 63.0 Å². The third-order valence-electron chi connectivity index (χ3n) is 13.2. The van der Waals surface area contributed by atoms with Gasteiger partial charge in [-0.1, -0.05) is 56.7 Å². The first-order valence-electron chi connectivity index (χ1n) is 18.9. The van der Waals surface area contributed by atoms with Crippen LogP contribution in [0.2, 0.25) is 23.2 Å². The van der Waals surface area contributed by atoms with E-state index >= 15 is 0 Å². The Balaban J connectivity index is 1.33. The smallest absolute Gasteiger partial charge is 0.343 e. The van der Waals surface area contributed by atoms with Crippen molar-refractivity contribution in [3.63, 3.8) is 0 Å². The minimum absolute atomic E-state index is 0.00765. The van der Waals surface area contributed by atoms with E-state index in [4.69, 9.17) is 25.5 Å². The maximum atomic E-state index is 13.8. The molecule has 1 amide bonds. The first-order valence-corrected chi connectivity index (χ1v) is 22.2. The third kappa shape index (κ3) is 6.66. The molecule has 0 radical (unpaired) electrons. The summed E-state index contributed by atoms with van der Waals surface area (Å²) in [6.45, 7) is 14.2. The van der Waals surface area contributed by atoms with Crippen LogP contribution in [-0.2, 0) is 36.2 Å². The van der Waals surface area contributed by atoms with Crippen LogP contribution < -0.4 is 9.64 Å². The summed E-state index contributed by atoms with van der Waals surface area (Å²) >= 11 is 6.50. The molecule has 0 unspecified atom stereocenters. The Labute approximate surface area is 309 Å². The summed E-state index contributed by atoms with van der Waals surface area (Å²) < 4.78 is 19.1. The number of hydrogen-bond acceptors (Lipinski definition) is 7. The molecular weight excluding hydrogens is 680 g/mol. The number of methoxy groups -OCH3 is 1. The molecule has 5 aliphatic rings. The number of rotatable bonds is 3. The number of carbonyl (C=O) groups excluding carboxylic acids is 2. The Kier molecular flexibility index (Phi) is 9.68. The Hall–Kier alpha value is -2.85. The van der Waals surface area contributed by atoms with Gasteiger partial charge in [0.2, 0.25) is 5.91 Å². The number of carbonyl (C=O) groups is 2. The lowest BCUT2D eigenvalue weighted by molar-refractivity contribution is -0.169. The molecule has 2 bridgehead atoms. The molecule has 10 heteroatoms. The molecule has 1 spiro atoms. The number of hydrogen-bond donors (Lipinski definition) is 1. The van der Waals surface area contributed by atoms with E-state index in [1.807, 2.05) is 18.2 Å². The Morgan fingerprint density at radius 2 is 1.92 bits per heavy atom. The Morgan fingerprint density at radius 1 is 1.12 bits per heavy atom. The first kappa shape index (κ1) is 36.5. The first-order chi connectivity index (χ1) is 24.1. The fourth-order valence-corrected chi connectivity index (χ4v) is 10.3. The number of esters is 1. The SMILES string of the molecule is COC(=O)[C@]1(O)CC(=O)N2CC[C@@H]2C/C=C/[C@H](O[Si](C)(C)C(C)(C)C)[C@@H]2CC[C@H]2CN2C[C@@]3(CCCc4cc(Cl)ccc43)COc3ccc1cc32. The highest BCUT2D eigenvalue weighted by Crippen LogP contribution is 2.49. The number of nitrogens with zero attached hydrogens (tertiary/aromatic N) is 2. The lowest BCUT2D eigenvalue weighted by Gasteiger charge is -2.48. The van der Waals surface area contributed by atoms with Gasteiger partial charge in [-0.05, 0) is 116 Å². The molecular formula is C41H55ClN2O6Si. The number of anilines is 1. The van der Waals surface area contributed by atoms with Crippen molar-refractivity contribution < 1.29 is 28.6 Å². The quantitative estimate of drug-likeness (QED) is 0.198. The van der Waals surface area contributed by atoms with Crippen LogP contribution in [0.25, 0.3) is 0 Å². The molecule has 2 fully saturated rings. The third-order valence-corrected chi connectivity index (χ3v) is 17.9. The largest absolute Gasteiger partial charge is 0.490 e. The second-order valence-corrected chi connectivity index (χ2v) is 22.5. The summed E-state index contributed by atoms with van der Waals surface area (Å²) in [5.41, 5.74) is 1.32. The van der Waals surface area contributed by atoms with E-state index in [-0.39, 0.29) is 34.9 Å². The molecule has 2 aliphatic carbocycles. The standard InChI is InChI=1S/C41H55ClN2O6Si/c1-39(2,3)51(5,6)50-35-11-7-10-31-18-20-44(31)37(45)23-41(47,38(46)48-4)29-13-17-36-34(22-29)43(24-28-12-15-32(28)35)25-40(26-49-36)19-8-9-27-21-30(42)14-16-33(27)40/h7,11,13-14,16-17,21-22,28,31-32,35,47H,8-10,12,15,18-20,23-26H2,1-6H3/b11-7+/t28-,31-,32+,35-,40-,41-/m0/s1. The molecule has 1 saturated heterocycles. The van der Waals surface area contributed by atoms with Gasteiger partial charge in [0, 0.05) is 36.1 Å². The van der Waals surface area contributed by atoms with E-state index in [9.17, 15) is 14.7 Å². The van der Waals surface area contributed by atoms with Crippen molar-refractivity contribution >= 4 is 37.5 Å². The molecule has 2 aromatic rings.